The number of hydrogen-bond donors (Lipinski definition) is 0. The lowest BCUT2D eigenvalue weighted by atomic mass is 10.1. The highest BCUT2D eigenvalue weighted by molar-refractivity contribution is 6.10. The maximum atomic E-state index is 13.8. The molecule has 0 atom stereocenters. The first-order valence-electron chi connectivity index (χ1n) is 6.04. The number of Topliss-reactive ketones (excluding diaryl/α,β-unsaturated/α-hetero) is 1. The van der Waals surface area contributed by atoms with Gasteiger partial charge in [-0.2, -0.15) is 4.39 Å². The highest BCUT2D eigenvalue weighted by atomic mass is 19.2. The molecule has 0 unspecified atom stereocenters. The molecule has 0 aliphatic heterocycles. The predicted octanol–water partition coefficient (Wildman–Crippen LogP) is 5.01. The maximum absolute atomic E-state index is 13.8. The SMILES string of the molecule is O=C(C(F)=C(F)c1c(F)c(F)c(F)c(F)c1F)c1ccccc1F. The Hall–Kier alpha value is -2.71. The van der Waals surface area contributed by atoms with Crippen molar-refractivity contribution in [1.29, 1.82) is 0 Å². The van der Waals surface area contributed by atoms with Gasteiger partial charge in [-0.15, -0.1) is 0 Å². The van der Waals surface area contributed by atoms with Crippen molar-refractivity contribution in [3.63, 3.8) is 0 Å². The number of halogens is 8. The minimum atomic E-state index is -2.64. The van der Waals surface area contributed by atoms with Gasteiger partial charge in [0.2, 0.25) is 17.4 Å². The molecule has 1 nitrogen and oxygen atoms in total. The molecule has 0 aliphatic rings. The van der Waals surface area contributed by atoms with Crippen molar-refractivity contribution in [3.05, 3.63) is 76.1 Å². The van der Waals surface area contributed by atoms with Crippen LogP contribution < -0.4 is 0 Å². The van der Waals surface area contributed by atoms with E-state index in [1.807, 2.05) is 0 Å². The van der Waals surface area contributed by atoms with Crippen molar-refractivity contribution in [1.82, 2.24) is 0 Å². The number of benzene rings is 2. The summed E-state index contributed by atoms with van der Waals surface area (Å²) in [5.74, 6) is -21.4. The molecule has 9 heteroatoms. The van der Waals surface area contributed by atoms with E-state index >= 15 is 0 Å². The van der Waals surface area contributed by atoms with Gasteiger partial charge in [0, 0.05) is 0 Å². The molecule has 0 amide bonds. The fourth-order valence-electron chi connectivity index (χ4n) is 1.77. The summed E-state index contributed by atoms with van der Waals surface area (Å²) in [4.78, 5) is 11.6. The summed E-state index contributed by atoms with van der Waals surface area (Å²) in [6.45, 7) is 0. The van der Waals surface area contributed by atoms with Gasteiger partial charge in [0.05, 0.1) is 11.1 Å². The summed E-state index contributed by atoms with van der Waals surface area (Å²) in [7, 11) is 0. The lowest BCUT2D eigenvalue weighted by molar-refractivity contribution is 0.1000. The third-order valence-corrected chi connectivity index (χ3v) is 2.94. The quantitative estimate of drug-likeness (QED) is 0.249. The standard InChI is InChI=1S/C15H4F8O/c16-6-4-2-1-3-5(6)15(24)14(23)10(19)7-8(17)11(20)13(22)12(21)9(7)18/h1-4H. The largest absolute Gasteiger partial charge is 0.286 e. The highest BCUT2D eigenvalue weighted by Gasteiger charge is 2.32. The van der Waals surface area contributed by atoms with Gasteiger partial charge < -0.3 is 0 Å². The summed E-state index contributed by atoms with van der Waals surface area (Å²) < 4.78 is 107. The first-order valence-corrected chi connectivity index (χ1v) is 6.04. The number of allylic oxidation sites excluding steroid dienone is 1. The number of ketones is 1. The van der Waals surface area contributed by atoms with Crippen molar-refractivity contribution in [3.8, 4) is 0 Å². The Bertz CT molecular complexity index is 843. The van der Waals surface area contributed by atoms with Gasteiger partial charge in [0.1, 0.15) is 5.82 Å². The second-order valence-electron chi connectivity index (χ2n) is 4.38. The van der Waals surface area contributed by atoms with E-state index in [1.165, 1.54) is 0 Å². The Kier molecular flexibility index (Phi) is 4.72. The monoisotopic (exact) mass is 352 g/mol. The Morgan fingerprint density at radius 2 is 1.17 bits per heavy atom. The van der Waals surface area contributed by atoms with E-state index in [0.717, 1.165) is 24.3 Å². The van der Waals surface area contributed by atoms with E-state index < -0.39 is 63.5 Å². The Labute approximate surface area is 128 Å². The number of hydrogen-bond acceptors (Lipinski definition) is 1. The van der Waals surface area contributed by atoms with Crippen LogP contribution in [0.25, 0.3) is 5.83 Å². The highest BCUT2D eigenvalue weighted by Crippen LogP contribution is 2.32. The van der Waals surface area contributed by atoms with Gasteiger partial charge in [0.25, 0.3) is 0 Å². The summed E-state index contributed by atoms with van der Waals surface area (Å²) in [5, 5.41) is 0. The molecule has 0 aromatic heterocycles. The normalized spacial score (nSPS) is 12.2. The zero-order chi connectivity index (χ0) is 18.2. The van der Waals surface area contributed by atoms with Gasteiger partial charge in [-0.1, -0.05) is 12.1 Å². The number of rotatable bonds is 3. The van der Waals surface area contributed by atoms with Gasteiger partial charge in [-0.3, -0.25) is 4.79 Å². The van der Waals surface area contributed by atoms with Crippen molar-refractivity contribution in [2.45, 2.75) is 0 Å². The van der Waals surface area contributed by atoms with Crippen molar-refractivity contribution >= 4 is 11.6 Å². The molecule has 2 aromatic carbocycles. The lowest BCUT2D eigenvalue weighted by Gasteiger charge is -2.07. The third kappa shape index (κ3) is 2.77. The van der Waals surface area contributed by atoms with Gasteiger partial charge >= 0.3 is 0 Å². The maximum Gasteiger partial charge on any atom is 0.227 e. The molecule has 0 N–H and O–H groups in total. The van der Waals surface area contributed by atoms with Crippen LogP contribution in [0.3, 0.4) is 0 Å². The van der Waals surface area contributed by atoms with Crippen LogP contribution in [0.4, 0.5) is 35.1 Å². The first kappa shape index (κ1) is 17.6. The molecule has 0 spiro atoms. The first-order chi connectivity index (χ1) is 11.2. The van der Waals surface area contributed by atoms with Crippen LogP contribution >= 0.6 is 0 Å². The molecule has 0 saturated carbocycles. The second kappa shape index (κ2) is 6.42. The molecular formula is C15H4F8O. The fraction of sp³-hybridized carbons (Fsp3) is 0. The lowest BCUT2D eigenvalue weighted by Crippen LogP contribution is -2.09. The van der Waals surface area contributed by atoms with Gasteiger partial charge in [-0.05, 0) is 12.1 Å². The summed E-state index contributed by atoms with van der Waals surface area (Å²) in [5.41, 5.74) is -3.25. The molecule has 0 fully saturated rings. The van der Waals surface area contributed by atoms with Crippen LogP contribution in [0, 0.1) is 34.9 Å². The van der Waals surface area contributed by atoms with Crippen molar-refractivity contribution in [2.75, 3.05) is 0 Å². The Morgan fingerprint density at radius 1 is 0.708 bits per heavy atom. The summed E-state index contributed by atoms with van der Waals surface area (Å²) in [6, 6.07) is 3.66. The second-order valence-corrected chi connectivity index (χ2v) is 4.38. The molecule has 0 heterocycles. The smallest absolute Gasteiger partial charge is 0.227 e. The average Bonchev–Trinajstić information content (AvgIpc) is 2.57. The van der Waals surface area contributed by atoms with E-state index in [0.29, 0.717) is 0 Å². The van der Waals surface area contributed by atoms with Crippen LogP contribution in [-0.4, -0.2) is 5.78 Å². The minimum absolute atomic E-state index is 0.719. The van der Waals surface area contributed by atoms with Gasteiger partial charge in [-0.25, -0.2) is 30.7 Å². The van der Waals surface area contributed by atoms with Crippen LogP contribution in [0.2, 0.25) is 0 Å². The van der Waals surface area contributed by atoms with E-state index in [9.17, 15) is 39.9 Å². The molecule has 0 radical (unpaired) electrons. The molecule has 24 heavy (non-hydrogen) atoms. The summed E-state index contributed by atoms with van der Waals surface area (Å²) >= 11 is 0. The van der Waals surface area contributed by atoms with Gasteiger partial charge in [0.15, 0.2) is 29.1 Å². The molecule has 2 aromatic rings. The third-order valence-electron chi connectivity index (χ3n) is 2.94. The molecule has 0 bridgehead atoms. The van der Waals surface area contributed by atoms with E-state index in [4.69, 9.17) is 0 Å². The summed E-state index contributed by atoms with van der Waals surface area (Å²) in [6.07, 6.45) is 0. The fourth-order valence-corrected chi connectivity index (χ4v) is 1.77. The van der Waals surface area contributed by atoms with Crippen LogP contribution in [0.5, 0.6) is 0 Å². The Morgan fingerprint density at radius 3 is 1.67 bits per heavy atom. The van der Waals surface area contributed by atoms with Crippen LogP contribution in [0.1, 0.15) is 15.9 Å². The number of carbonyl (C=O) groups is 1. The van der Waals surface area contributed by atoms with Crippen molar-refractivity contribution in [2.24, 2.45) is 0 Å². The topological polar surface area (TPSA) is 17.1 Å². The molecule has 0 saturated heterocycles. The molecule has 2 rings (SSSR count). The molecule has 0 aliphatic carbocycles. The van der Waals surface area contributed by atoms with Crippen LogP contribution in [-0.2, 0) is 0 Å². The zero-order valence-electron chi connectivity index (χ0n) is 11.2. The molecule has 126 valence electrons. The Balaban J connectivity index is 2.67. The van der Waals surface area contributed by atoms with Crippen LogP contribution in [0.15, 0.2) is 30.1 Å². The van der Waals surface area contributed by atoms with E-state index in [2.05, 4.69) is 0 Å². The van der Waals surface area contributed by atoms with E-state index in [-0.39, 0.29) is 0 Å². The van der Waals surface area contributed by atoms with E-state index in [1.54, 1.807) is 0 Å². The number of carbonyl (C=O) groups excluding carboxylic acids is 1. The molecular weight excluding hydrogens is 348 g/mol. The average molecular weight is 352 g/mol. The predicted molar refractivity (Wildman–Crippen MR) is 66.1 cm³/mol. The zero-order valence-corrected chi connectivity index (χ0v) is 11.2. The minimum Gasteiger partial charge on any atom is -0.286 e. The van der Waals surface area contributed by atoms with Crippen molar-refractivity contribution < 1.29 is 39.9 Å².